The number of benzene rings is 1. The zero-order valence-corrected chi connectivity index (χ0v) is 19.2. The van der Waals surface area contributed by atoms with E-state index in [4.69, 9.17) is 0 Å². The lowest BCUT2D eigenvalue weighted by molar-refractivity contribution is 0.102. The monoisotopic (exact) mass is 443 g/mol. The summed E-state index contributed by atoms with van der Waals surface area (Å²) in [5.41, 5.74) is 3.15. The van der Waals surface area contributed by atoms with Crippen LogP contribution in [0.1, 0.15) is 62.6 Å². The van der Waals surface area contributed by atoms with Gasteiger partial charge in [-0.15, -0.1) is 0 Å². The summed E-state index contributed by atoms with van der Waals surface area (Å²) < 4.78 is 25.7. The molecule has 1 aromatic heterocycles. The smallest absolute Gasteiger partial charge is 0.256 e. The Morgan fingerprint density at radius 3 is 2.45 bits per heavy atom. The van der Waals surface area contributed by atoms with E-state index in [1.54, 1.807) is 16.8 Å². The molecule has 0 spiro atoms. The van der Waals surface area contributed by atoms with Gasteiger partial charge in [0.05, 0.1) is 28.9 Å². The van der Waals surface area contributed by atoms with Crippen molar-refractivity contribution in [3.63, 3.8) is 0 Å². The Hall–Kier alpha value is -2.68. The first-order valence-electron chi connectivity index (χ1n) is 10.6. The van der Waals surface area contributed by atoms with E-state index in [9.17, 15) is 13.2 Å². The van der Waals surface area contributed by atoms with Gasteiger partial charge in [-0.3, -0.25) is 9.80 Å². The highest BCUT2D eigenvalue weighted by molar-refractivity contribution is 7.91. The Labute approximate surface area is 183 Å². The van der Waals surface area contributed by atoms with Crippen LogP contribution in [-0.4, -0.2) is 47.9 Å². The van der Waals surface area contributed by atoms with Crippen molar-refractivity contribution in [3.8, 4) is 0 Å². The van der Waals surface area contributed by atoms with Crippen molar-refractivity contribution >= 4 is 33.0 Å². The minimum absolute atomic E-state index is 0.0472. The number of nitrogens with zero attached hydrogens (tertiary/aromatic N) is 4. The third kappa shape index (κ3) is 4.66. The highest BCUT2D eigenvalue weighted by atomic mass is 32.2. The SMILES string of the molecule is CC1=NN(c2ccc(C(=O)Nc3cc(C(C)(C)C)nn3C3CCS(=O)(=O)C3)cc2)CC1. The van der Waals surface area contributed by atoms with Crippen LogP contribution >= 0.6 is 0 Å². The first-order valence-corrected chi connectivity index (χ1v) is 12.4. The Bertz CT molecular complexity index is 1130. The fourth-order valence-electron chi connectivity index (χ4n) is 3.83. The van der Waals surface area contributed by atoms with Gasteiger partial charge in [0.15, 0.2) is 9.84 Å². The minimum atomic E-state index is -3.07. The first-order chi connectivity index (χ1) is 14.5. The summed E-state index contributed by atoms with van der Waals surface area (Å²) in [7, 11) is -3.07. The molecule has 2 aliphatic heterocycles. The molecule has 3 heterocycles. The molecule has 1 amide bonds. The molecule has 0 radical (unpaired) electrons. The highest BCUT2D eigenvalue weighted by Crippen LogP contribution is 2.31. The van der Waals surface area contributed by atoms with Gasteiger partial charge in [-0.25, -0.2) is 13.1 Å². The molecule has 0 bridgehead atoms. The molecule has 1 unspecified atom stereocenters. The molecule has 4 rings (SSSR count). The lowest BCUT2D eigenvalue weighted by atomic mass is 9.92. The second-order valence-electron chi connectivity index (χ2n) is 9.38. The van der Waals surface area contributed by atoms with Crippen molar-refractivity contribution in [1.82, 2.24) is 9.78 Å². The molecule has 9 heteroatoms. The molecule has 166 valence electrons. The van der Waals surface area contributed by atoms with Crippen molar-refractivity contribution in [1.29, 1.82) is 0 Å². The van der Waals surface area contributed by atoms with Gasteiger partial charge in [-0.2, -0.15) is 10.2 Å². The molecular formula is C22H29N5O3S. The van der Waals surface area contributed by atoms with E-state index in [1.165, 1.54) is 0 Å². The molecule has 0 aliphatic carbocycles. The summed E-state index contributed by atoms with van der Waals surface area (Å²) in [6.45, 7) is 8.97. The van der Waals surface area contributed by atoms with Crippen molar-refractivity contribution in [2.45, 2.75) is 52.0 Å². The summed E-state index contributed by atoms with van der Waals surface area (Å²) in [5.74, 6) is 0.470. The van der Waals surface area contributed by atoms with Crippen LogP contribution in [0, 0.1) is 0 Å². The van der Waals surface area contributed by atoms with Gasteiger partial charge >= 0.3 is 0 Å². The molecule has 2 aliphatic rings. The van der Waals surface area contributed by atoms with Crippen molar-refractivity contribution in [3.05, 3.63) is 41.6 Å². The van der Waals surface area contributed by atoms with Gasteiger partial charge in [0.2, 0.25) is 0 Å². The van der Waals surface area contributed by atoms with Crippen LogP contribution in [0.2, 0.25) is 0 Å². The Morgan fingerprint density at radius 2 is 1.90 bits per heavy atom. The predicted molar refractivity (Wildman–Crippen MR) is 123 cm³/mol. The number of carbonyl (C=O) groups is 1. The predicted octanol–water partition coefficient (Wildman–Crippen LogP) is 3.38. The third-order valence-electron chi connectivity index (χ3n) is 5.70. The first kappa shape index (κ1) is 21.5. The van der Waals surface area contributed by atoms with E-state index in [-0.39, 0.29) is 28.9 Å². The molecule has 1 fully saturated rings. The standard InChI is InChI=1S/C22H29N5O3S/c1-15-9-11-26(24-15)17-7-5-16(6-8-17)21(28)23-20-13-19(22(2,3)4)25-27(20)18-10-12-31(29,30)14-18/h5-8,13,18H,9-12,14H2,1-4H3,(H,23,28). The van der Waals surface area contributed by atoms with Crippen molar-refractivity contribution in [2.24, 2.45) is 5.10 Å². The number of sulfone groups is 1. The van der Waals surface area contributed by atoms with E-state index in [1.807, 2.05) is 50.9 Å². The molecule has 1 saturated heterocycles. The second kappa shape index (κ2) is 7.78. The normalized spacial score (nSPS) is 20.7. The van der Waals surface area contributed by atoms with Crippen LogP contribution in [0.15, 0.2) is 35.4 Å². The number of nitrogens with one attached hydrogen (secondary N) is 1. The summed E-state index contributed by atoms with van der Waals surface area (Å²) in [6.07, 6.45) is 1.44. The van der Waals surface area contributed by atoms with Crippen LogP contribution < -0.4 is 10.3 Å². The lowest BCUT2D eigenvalue weighted by Crippen LogP contribution is -2.20. The zero-order valence-electron chi connectivity index (χ0n) is 18.4. The molecule has 1 N–H and O–H groups in total. The van der Waals surface area contributed by atoms with E-state index < -0.39 is 9.84 Å². The van der Waals surface area contributed by atoms with Crippen molar-refractivity contribution in [2.75, 3.05) is 28.4 Å². The summed E-state index contributed by atoms with van der Waals surface area (Å²) in [6, 6.07) is 8.91. The number of aromatic nitrogens is 2. The maximum absolute atomic E-state index is 12.9. The quantitative estimate of drug-likeness (QED) is 0.781. The number of carbonyl (C=O) groups excluding carboxylic acids is 1. The molecule has 8 nitrogen and oxygen atoms in total. The van der Waals surface area contributed by atoms with E-state index in [0.29, 0.717) is 17.8 Å². The average molecular weight is 444 g/mol. The highest BCUT2D eigenvalue weighted by Gasteiger charge is 2.33. The molecule has 2 aromatic rings. The Balaban J connectivity index is 1.56. The number of hydrogen-bond donors (Lipinski definition) is 1. The maximum Gasteiger partial charge on any atom is 0.256 e. The molecular weight excluding hydrogens is 414 g/mol. The van der Waals surface area contributed by atoms with Gasteiger partial charge in [-0.05, 0) is 37.6 Å². The van der Waals surface area contributed by atoms with E-state index in [0.717, 1.165) is 30.1 Å². The maximum atomic E-state index is 12.9. The number of anilines is 2. The minimum Gasteiger partial charge on any atom is -0.307 e. The molecule has 1 atom stereocenters. The largest absolute Gasteiger partial charge is 0.307 e. The molecule has 31 heavy (non-hydrogen) atoms. The summed E-state index contributed by atoms with van der Waals surface area (Å²) in [5, 5.41) is 14.0. The summed E-state index contributed by atoms with van der Waals surface area (Å²) >= 11 is 0. The van der Waals surface area contributed by atoms with Gasteiger partial charge in [0.25, 0.3) is 5.91 Å². The summed E-state index contributed by atoms with van der Waals surface area (Å²) in [4.78, 5) is 12.9. The lowest BCUT2D eigenvalue weighted by Gasteiger charge is -2.16. The number of rotatable bonds is 4. The van der Waals surface area contributed by atoms with Crippen molar-refractivity contribution < 1.29 is 13.2 Å². The van der Waals surface area contributed by atoms with Gasteiger partial charge < -0.3 is 5.32 Å². The van der Waals surface area contributed by atoms with E-state index in [2.05, 4.69) is 15.5 Å². The molecule has 1 aromatic carbocycles. The van der Waals surface area contributed by atoms with Crippen LogP contribution in [0.4, 0.5) is 11.5 Å². The number of hydrazone groups is 1. The Morgan fingerprint density at radius 1 is 1.19 bits per heavy atom. The second-order valence-corrected chi connectivity index (χ2v) is 11.6. The number of amides is 1. The van der Waals surface area contributed by atoms with Gasteiger partial charge in [0, 0.05) is 35.7 Å². The average Bonchev–Trinajstić information content (AvgIpc) is 3.40. The topological polar surface area (TPSA) is 96.7 Å². The van der Waals surface area contributed by atoms with E-state index >= 15 is 0 Å². The fourth-order valence-corrected chi connectivity index (χ4v) is 5.53. The Kier molecular flexibility index (Phi) is 5.41. The third-order valence-corrected chi connectivity index (χ3v) is 7.45. The van der Waals surface area contributed by atoms with Crippen LogP contribution in [0.3, 0.4) is 0 Å². The molecule has 0 saturated carbocycles. The number of hydrogen-bond acceptors (Lipinski definition) is 6. The fraction of sp³-hybridized carbons (Fsp3) is 0.500. The van der Waals surface area contributed by atoms with Gasteiger partial charge in [-0.1, -0.05) is 20.8 Å². The van der Waals surface area contributed by atoms with Crippen LogP contribution in [0.5, 0.6) is 0 Å². The van der Waals surface area contributed by atoms with Crippen LogP contribution in [0.25, 0.3) is 0 Å². The van der Waals surface area contributed by atoms with Crippen LogP contribution in [-0.2, 0) is 15.3 Å². The zero-order chi connectivity index (χ0) is 22.4. The van der Waals surface area contributed by atoms with Gasteiger partial charge in [0.1, 0.15) is 5.82 Å².